The Hall–Kier alpha value is -1.35. The van der Waals surface area contributed by atoms with Crippen LogP contribution < -0.4 is 5.32 Å². The molecule has 0 spiro atoms. The van der Waals surface area contributed by atoms with E-state index < -0.39 is 0 Å². The summed E-state index contributed by atoms with van der Waals surface area (Å²) in [5, 5.41) is 3.42. The highest BCUT2D eigenvalue weighted by Gasteiger charge is 2.24. The third-order valence-corrected chi connectivity index (χ3v) is 3.30. The van der Waals surface area contributed by atoms with E-state index in [-0.39, 0.29) is 17.5 Å². The second kappa shape index (κ2) is 6.71. The van der Waals surface area contributed by atoms with Gasteiger partial charge in [-0.1, -0.05) is 30.3 Å². The summed E-state index contributed by atoms with van der Waals surface area (Å²) in [6, 6.07) is 10.3. The van der Waals surface area contributed by atoms with Crippen molar-refractivity contribution in [3.63, 3.8) is 0 Å². The highest BCUT2D eigenvalue weighted by Crippen LogP contribution is 2.14. The molecule has 0 fully saturated rings. The van der Waals surface area contributed by atoms with Crippen LogP contribution in [0.15, 0.2) is 30.3 Å². The normalized spacial score (nSPS) is 13.1. The minimum atomic E-state index is -0.152. The number of likely N-dealkylation sites (N-methyl/N-ethyl adjacent to an activating group) is 1. The average Bonchev–Trinajstić information content (AvgIpc) is 2.36. The maximum Gasteiger partial charge on any atom is 0.238 e. The lowest BCUT2D eigenvalue weighted by Crippen LogP contribution is -2.51. The van der Waals surface area contributed by atoms with Crippen LogP contribution in [0.1, 0.15) is 32.8 Å². The molecule has 0 aromatic heterocycles. The summed E-state index contributed by atoms with van der Waals surface area (Å²) >= 11 is 0. The van der Waals surface area contributed by atoms with Crippen molar-refractivity contribution in [2.24, 2.45) is 0 Å². The van der Waals surface area contributed by atoms with Gasteiger partial charge in [-0.05, 0) is 39.2 Å². The average molecular weight is 262 g/mol. The number of hydrogen-bond acceptors (Lipinski definition) is 2. The molecule has 1 aromatic carbocycles. The zero-order chi connectivity index (χ0) is 14.5. The molecule has 0 aliphatic heterocycles. The zero-order valence-electron chi connectivity index (χ0n) is 12.7. The molecule has 0 saturated heterocycles. The first-order chi connectivity index (χ1) is 8.82. The van der Waals surface area contributed by atoms with E-state index in [4.69, 9.17) is 0 Å². The van der Waals surface area contributed by atoms with Crippen LogP contribution >= 0.6 is 0 Å². The Balaban J connectivity index is 2.50. The molecule has 0 aliphatic rings. The van der Waals surface area contributed by atoms with Crippen molar-refractivity contribution in [1.29, 1.82) is 0 Å². The number of rotatable bonds is 6. The van der Waals surface area contributed by atoms with Crippen LogP contribution in [-0.2, 0) is 11.2 Å². The number of nitrogens with zero attached hydrogens (tertiary/aromatic N) is 1. The molecule has 0 radical (unpaired) electrons. The largest absolute Gasteiger partial charge is 0.347 e. The lowest BCUT2D eigenvalue weighted by atomic mass is 9.94. The van der Waals surface area contributed by atoms with Crippen molar-refractivity contribution in [3.05, 3.63) is 35.9 Å². The predicted octanol–water partition coefficient (Wildman–Crippen LogP) is 2.46. The Morgan fingerprint density at radius 3 is 2.37 bits per heavy atom. The number of amides is 1. The second-order valence-corrected chi connectivity index (χ2v) is 5.97. The maximum atomic E-state index is 11.9. The molecule has 1 atom stereocenters. The fourth-order valence-corrected chi connectivity index (χ4v) is 2.21. The van der Waals surface area contributed by atoms with Crippen molar-refractivity contribution in [3.8, 4) is 0 Å². The van der Waals surface area contributed by atoms with Crippen LogP contribution in [0.3, 0.4) is 0 Å². The van der Waals surface area contributed by atoms with Gasteiger partial charge in [0.05, 0.1) is 6.04 Å². The molecule has 1 aromatic rings. The molecule has 1 rings (SSSR count). The minimum Gasteiger partial charge on any atom is -0.347 e. The maximum absolute atomic E-state index is 11.9. The van der Waals surface area contributed by atoms with Gasteiger partial charge in [-0.3, -0.25) is 4.79 Å². The topological polar surface area (TPSA) is 32.3 Å². The SMILES string of the molecule is CC(NC(C)(C)CCc1ccccc1)C(=O)N(C)C. The molecule has 3 heteroatoms. The summed E-state index contributed by atoms with van der Waals surface area (Å²) < 4.78 is 0. The number of aryl methyl sites for hydroxylation is 1. The Kier molecular flexibility index (Phi) is 5.55. The van der Waals surface area contributed by atoms with Crippen molar-refractivity contribution in [2.75, 3.05) is 14.1 Å². The molecule has 0 aliphatic carbocycles. The molecule has 1 N–H and O–H groups in total. The van der Waals surface area contributed by atoms with Gasteiger partial charge in [0.25, 0.3) is 0 Å². The van der Waals surface area contributed by atoms with E-state index in [0.29, 0.717) is 0 Å². The number of hydrogen-bond donors (Lipinski definition) is 1. The van der Waals surface area contributed by atoms with Crippen molar-refractivity contribution in [1.82, 2.24) is 10.2 Å². The van der Waals surface area contributed by atoms with Gasteiger partial charge >= 0.3 is 0 Å². The van der Waals surface area contributed by atoms with E-state index in [9.17, 15) is 4.79 Å². The lowest BCUT2D eigenvalue weighted by molar-refractivity contribution is -0.131. The van der Waals surface area contributed by atoms with Crippen LogP contribution in [0.5, 0.6) is 0 Å². The highest BCUT2D eigenvalue weighted by atomic mass is 16.2. The first kappa shape index (κ1) is 15.7. The van der Waals surface area contributed by atoms with E-state index in [2.05, 4.69) is 43.4 Å². The third kappa shape index (κ3) is 5.43. The van der Waals surface area contributed by atoms with Crippen molar-refractivity contribution >= 4 is 5.91 Å². The first-order valence-electron chi connectivity index (χ1n) is 6.84. The first-order valence-corrected chi connectivity index (χ1v) is 6.84. The zero-order valence-corrected chi connectivity index (χ0v) is 12.7. The molecule has 1 amide bonds. The van der Waals surface area contributed by atoms with Gasteiger partial charge in [0.15, 0.2) is 0 Å². The molecular formula is C16H26N2O. The van der Waals surface area contributed by atoms with Crippen LogP contribution in [0.2, 0.25) is 0 Å². The molecule has 1 unspecified atom stereocenters. The number of nitrogens with one attached hydrogen (secondary N) is 1. The van der Waals surface area contributed by atoms with Crippen LogP contribution in [0, 0.1) is 0 Å². The fraction of sp³-hybridized carbons (Fsp3) is 0.562. The summed E-state index contributed by atoms with van der Waals surface area (Å²) in [5.74, 6) is 0.118. The molecular weight excluding hydrogens is 236 g/mol. The van der Waals surface area contributed by atoms with E-state index in [0.717, 1.165) is 12.8 Å². The Labute approximate surface area is 117 Å². The van der Waals surface area contributed by atoms with Gasteiger partial charge in [-0.15, -0.1) is 0 Å². The van der Waals surface area contributed by atoms with Gasteiger partial charge in [-0.25, -0.2) is 0 Å². The molecule has 0 saturated carbocycles. The summed E-state index contributed by atoms with van der Waals surface area (Å²) in [5.41, 5.74) is 1.28. The molecule has 19 heavy (non-hydrogen) atoms. The van der Waals surface area contributed by atoms with E-state index in [1.54, 1.807) is 19.0 Å². The van der Waals surface area contributed by atoms with Gasteiger partial charge in [0.2, 0.25) is 5.91 Å². The number of carbonyl (C=O) groups excluding carboxylic acids is 1. The summed E-state index contributed by atoms with van der Waals surface area (Å²) in [6.07, 6.45) is 2.02. The number of benzene rings is 1. The quantitative estimate of drug-likeness (QED) is 0.854. The standard InChI is InChI=1S/C16H26N2O/c1-13(15(19)18(4)5)17-16(2,3)12-11-14-9-7-6-8-10-14/h6-10,13,17H,11-12H2,1-5H3. The number of carbonyl (C=O) groups is 1. The second-order valence-electron chi connectivity index (χ2n) is 5.97. The van der Waals surface area contributed by atoms with Crippen molar-refractivity contribution < 1.29 is 4.79 Å². The molecule has 106 valence electrons. The fourth-order valence-electron chi connectivity index (χ4n) is 2.21. The summed E-state index contributed by atoms with van der Waals surface area (Å²) in [7, 11) is 3.58. The molecule has 0 bridgehead atoms. The third-order valence-electron chi connectivity index (χ3n) is 3.30. The predicted molar refractivity (Wildman–Crippen MR) is 80.1 cm³/mol. The minimum absolute atomic E-state index is 0.0546. The van der Waals surface area contributed by atoms with Crippen LogP contribution in [0.4, 0.5) is 0 Å². The Morgan fingerprint density at radius 1 is 1.26 bits per heavy atom. The van der Waals surface area contributed by atoms with Gasteiger partial charge in [-0.2, -0.15) is 0 Å². The lowest BCUT2D eigenvalue weighted by Gasteiger charge is -2.31. The van der Waals surface area contributed by atoms with Gasteiger partial charge in [0, 0.05) is 19.6 Å². The van der Waals surface area contributed by atoms with E-state index >= 15 is 0 Å². The van der Waals surface area contributed by atoms with Crippen LogP contribution in [-0.4, -0.2) is 36.5 Å². The van der Waals surface area contributed by atoms with Crippen LogP contribution in [0.25, 0.3) is 0 Å². The smallest absolute Gasteiger partial charge is 0.238 e. The van der Waals surface area contributed by atoms with Crippen molar-refractivity contribution in [2.45, 2.75) is 45.2 Å². The monoisotopic (exact) mass is 262 g/mol. The Morgan fingerprint density at radius 2 is 1.84 bits per heavy atom. The van der Waals surface area contributed by atoms with Gasteiger partial charge < -0.3 is 10.2 Å². The molecule has 0 heterocycles. The Bertz CT molecular complexity index is 398. The molecule has 3 nitrogen and oxygen atoms in total. The summed E-state index contributed by atoms with van der Waals surface area (Å²) in [4.78, 5) is 13.5. The van der Waals surface area contributed by atoms with E-state index in [1.807, 2.05) is 13.0 Å². The highest BCUT2D eigenvalue weighted by molar-refractivity contribution is 5.81. The summed E-state index contributed by atoms with van der Waals surface area (Å²) in [6.45, 7) is 6.22. The van der Waals surface area contributed by atoms with E-state index in [1.165, 1.54) is 5.56 Å². The van der Waals surface area contributed by atoms with Gasteiger partial charge in [0.1, 0.15) is 0 Å².